The second kappa shape index (κ2) is 9.20. The minimum absolute atomic E-state index is 0.0608. The fraction of sp³-hybridized carbons (Fsp3) is 0.444. The molecule has 0 bridgehead atoms. The molecular formula is C18H24N2O4. The van der Waals surface area contributed by atoms with Crippen LogP contribution in [0.5, 0.6) is 0 Å². The standard InChI is InChI=1S/C18H24N2O4/c1-2-24-18(23)10-5-14-3-6-15(7-4-14)19-17(22)13-20(11-12-21)16-8-9-16/h3-7,10,16,21H,2,8-9,11-13H2,1H3,(H,19,22)/b10-5+. The molecule has 1 aliphatic rings. The SMILES string of the molecule is CCOC(=O)/C=C/c1ccc(NC(=O)CN(CCO)C2CC2)cc1. The van der Waals surface area contributed by atoms with Crippen LogP contribution in [-0.2, 0) is 14.3 Å². The maximum absolute atomic E-state index is 12.1. The number of rotatable bonds is 9. The van der Waals surface area contributed by atoms with E-state index in [0.717, 1.165) is 18.4 Å². The van der Waals surface area contributed by atoms with E-state index in [0.29, 0.717) is 24.9 Å². The molecule has 2 N–H and O–H groups in total. The zero-order chi connectivity index (χ0) is 17.4. The summed E-state index contributed by atoms with van der Waals surface area (Å²) in [7, 11) is 0. The van der Waals surface area contributed by atoms with E-state index in [9.17, 15) is 9.59 Å². The van der Waals surface area contributed by atoms with Gasteiger partial charge in [-0.05, 0) is 43.5 Å². The van der Waals surface area contributed by atoms with Crippen LogP contribution in [0, 0.1) is 0 Å². The van der Waals surface area contributed by atoms with Gasteiger partial charge in [0.2, 0.25) is 5.91 Å². The van der Waals surface area contributed by atoms with Gasteiger partial charge < -0.3 is 15.2 Å². The zero-order valence-corrected chi connectivity index (χ0v) is 13.9. The molecule has 130 valence electrons. The van der Waals surface area contributed by atoms with Crippen LogP contribution in [0.25, 0.3) is 6.08 Å². The Labute approximate surface area is 142 Å². The molecule has 0 atom stereocenters. The number of nitrogens with one attached hydrogen (secondary N) is 1. The average Bonchev–Trinajstić information content (AvgIpc) is 3.39. The third kappa shape index (κ3) is 6.14. The monoisotopic (exact) mass is 332 g/mol. The Kier molecular flexibility index (Phi) is 6.96. The Balaban J connectivity index is 1.84. The molecule has 0 unspecified atom stereocenters. The largest absolute Gasteiger partial charge is 0.463 e. The Morgan fingerprint density at radius 1 is 1.33 bits per heavy atom. The summed E-state index contributed by atoms with van der Waals surface area (Å²) in [5.41, 5.74) is 1.55. The summed E-state index contributed by atoms with van der Waals surface area (Å²) in [5, 5.41) is 11.9. The molecule has 1 aromatic carbocycles. The molecular weight excluding hydrogens is 308 g/mol. The third-order valence-corrected chi connectivity index (χ3v) is 3.69. The van der Waals surface area contributed by atoms with Crippen LogP contribution < -0.4 is 5.32 Å². The van der Waals surface area contributed by atoms with Gasteiger partial charge in [0.15, 0.2) is 0 Å². The summed E-state index contributed by atoms with van der Waals surface area (Å²) in [6.07, 6.45) is 5.22. The number of anilines is 1. The lowest BCUT2D eigenvalue weighted by Gasteiger charge is -2.20. The third-order valence-electron chi connectivity index (χ3n) is 3.69. The van der Waals surface area contributed by atoms with Crippen LogP contribution in [-0.4, -0.2) is 54.2 Å². The second-order valence-electron chi connectivity index (χ2n) is 5.68. The number of hydrogen-bond acceptors (Lipinski definition) is 5. The first kappa shape index (κ1) is 18.2. The van der Waals surface area contributed by atoms with Crippen LogP contribution in [0.1, 0.15) is 25.3 Å². The number of benzene rings is 1. The average molecular weight is 332 g/mol. The lowest BCUT2D eigenvalue weighted by molar-refractivity contribution is -0.137. The number of carbonyl (C=O) groups is 2. The number of amides is 1. The van der Waals surface area contributed by atoms with Crippen molar-refractivity contribution in [3.8, 4) is 0 Å². The van der Waals surface area contributed by atoms with Crippen molar-refractivity contribution in [3.05, 3.63) is 35.9 Å². The molecule has 24 heavy (non-hydrogen) atoms. The normalized spacial score (nSPS) is 14.1. The van der Waals surface area contributed by atoms with Crippen LogP contribution in [0.3, 0.4) is 0 Å². The van der Waals surface area contributed by atoms with Gasteiger partial charge in [-0.1, -0.05) is 12.1 Å². The zero-order valence-electron chi connectivity index (χ0n) is 13.9. The van der Waals surface area contributed by atoms with Gasteiger partial charge in [-0.25, -0.2) is 4.79 Å². The fourth-order valence-electron chi connectivity index (χ4n) is 2.38. The van der Waals surface area contributed by atoms with Gasteiger partial charge in [-0.3, -0.25) is 9.69 Å². The number of ether oxygens (including phenoxy) is 1. The van der Waals surface area contributed by atoms with Crippen LogP contribution in [0.15, 0.2) is 30.3 Å². The maximum atomic E-state index is 12.1. The van der Waals surface area contributed by atoms with Gasteiger partial charge in [0.1, 0.15) is 0 Å². The molecule has 1 amide bonds. The molecule has 6 nitrogen and oxygen atoms in total. The van der Waals surface area contributed by atoms with Gasteiger partial charge in [0, 0.05) is 24.4 Å². The topological polar surface area (TPSA) is 78.9 Å². The molecule has 2 rings (SSSR count). The second-order valence-corrected chi connectivity index (χ2v) is 5.68. The van der Waals surface area contributed by atoms with Crippen LogP contribution in [0.4, 0.5) is 5.69 Å². The maximum Gasteiger partial charge on any atom is 0.330 e. The smallest absolute Gasteiger partial charge is 0.330 e. The summed E-state index contributed by atoms with van der Waals surface area (Å²) in [5.74, 6) is -0.468. The van der Waals surface area contributed by atoms with Crippen LogP contribution in [0.2, 0.25) is 0 Å². The Hall–Kier alpha value is -2.18. The molecule has 6 heteroatoms. The molecule has 1 saturated carbocycles. The van der Waals surface area contributed by atoms with Gasteiger partial charge in [0.25, 0.3) is 0 Å². The minimum atomic E-state index is -0.376. The highest BCUT2D eigenvalue weighted by molar-refractivity contribution is 5.92. The first-order valence-electron chi connectivity index (χ1n) is 8.22. The Bertz CT molecular complexity index is 579. The first-order valence-corrected chi connectivity index (χ1v) is 8.22. The molecule has 1 aliphatic carbocycles. The fourth-order valence-corrected chi connectivity index (χ4v) is 2.38. The van der Waals surface area contributed by atoms with E-state index in [1.165, 1.54) is 6.08 Å². The highest BCUT2D eigenvalue weighted by Crippen LogP contribution is 2.26. The molecule has 0 spiro atoms. The predicted molar refractivity (Wildman–Crippen MR) is 92.4 cm³/mol. The minimum Gasteiger partial charge on any atom is -0.463 e. The van der Waals surface area contributed by atoms with Crippen molar-refractivity contribution < 1.29 is 19.4 Å². The van der Waals surface area contributed by atoms with E-state index >= 15 is 0 Å². The highest BCUT2D eigenvalue weighted by atomic mass is 16.5. The highest BCUT2D eigenvalue weighted by Gasteiger charge is 2.29. The van der Waals surface area contributed by atoms with Crippen molar-refractivity contribution in [1.82, 2.24) is 4.90 Å². The summed E-state index contributed by atoms with van der Waals surface area (Å²) in [4.78, 5) is 25.4. The van der Waals surface area contributed by atoms with Gasteiger partial charge in [0.05, 0.1) is 19.8 Å². The molecule has 0 aliphatic heterocycles. The number of aliphatic hydroxyl groups excluding tert-OH is 1. The summed E-state index contributed by atoms with van der Waals surface area (Å²) in [6.45, 7) is 2.98. The van der Waals surface area contributed by atoms with Crippen molar-refractivity contribution in [3.63, 3.8) is 0 Å². The van der Waals surface area contributed by atoms with E-state index in [1.807, 2.05) is 17.0 Å². The molecule has 0 saturated heterocycles. The van der Waals surface area contributed by atoms with E-state index in [-0.39, 0.29) is 25.0 Å². The van der Waals surface area contributed by atoms with Crippen molar-refractivity contribution in [1.29, 1.82) is 0 Å². The molecule has 0 radical (unpaired) electrons. The molecule has 0 heterocycles. The number of esters is 1. The quantitative estimate of drug-likeness (QED) is 0.531. The van der Waals surface area contributed by atoms with Crippen molar-refractivity contribution in [2.24, 2.45) is 0 Å². The van der Waals surface area contributed by atoms with E-state index in [1.54, 1.807) is 25.1 Å². The van der Waals surface area contributed by atoms with Gasteiger partial charge in [-0.2, -0.15) is 0 Å². The summed E-state index contributed by atoms with van der Waals surface area (Å²) < 4.78 is 4.82. The summed E-state index contributed by atoms with van der Waals surface area (Å²) in [6, 6.07) is 7.64. The van der Waals surface area contributed by atoms with E-state index in [2.05, 4.69) is 5.32 Å². The molecule has 1 aromatic rings. The predicted octanol–water partition coefficient (Wildman–Crippen LogP) is 1.66. The van der Waals surface area contributed by atoms with Crippen LogP contribution >= 0.6 is 0 Å². The number of hydrogen-bond donors (Lipinski definition) is 2. The lowest BCUT2D eigenvalue weighted by atomic mass is 10.2. The van der Waals surface area contributed by atoms with E-state index < -0.39 is 0 Å². The van der Waals surface area contributed by atoms with Gasteiger partial charge in [-0.15, -0.1) is 0 Å². The number of carbonyl (C=O) groups excluding carboxylic acids is 2. The number of aliphatic hydroxyl groups is 1. The Morgan fingerprint density at radius 3 is 2.62 bits per heavy atom. The Morgan fingerprint density at radius 2 is 2.04 bits per heavy atom. The first-order chi connectivity index (χ1) is 11.6. The van der Waals surface area contributed by atoms with Crippen molar-refractivity contribution >= 4 is 23.6 Å². The molecule has 1 fully saturated rings. The van der Waals surface area contributed by atoms with Gasteiger partial charge >= 0.3 is 5.97 Å². The summed E-state index contributed by atoms with van der Waals surface area (Å²) >= 11 is 0. The van der Waals surface area contributed by atoms with Crippen molar-refractivity contribution in [2.75, 3.05) is 31.6 Å². The molecule has 0 aromatic heterocycles. The lowest BCUT2D eigenvalue weighted by Crippen LogP contribution is -2.36. The van der Waals surface area contributed by atoms with E-state index in [4.69, 9.17) is 9.84 Å². The van der Waals surface area contributed by atoms with Crippen molar-refractivity contribution in [2.45, 2.75) is 25.8 Å². The number of nitrogens with zero attached hydrogens (tertiary/aromatic N) is 1.